The third-order valence-corrected chi connectivity index (χ3v) is 6.99. The maximum absolute atomic E-state index is 14.7. The second-order valence-corrected chi connectivity index (χ2v) is 8.69. The Morgan fingerprint density at radius 3 is 2.29 bits per heavy atom. The highest BCUT2D eigenvalue weighted by atomic mass is 19.1. The third kappa shape index (κ3) is 3.40. The smallest absolute Gasteiger partial charge is 0.188 e. The van der Waals surface area contributed by atoms with E-state index in [4.69, 9.17) is 0 Å². The molecule has 5 rings (SSSR count). The Kier molecular flexibility index (Phi) is 5.20. The lowest BCUT2D eigenvalue weighted by Crippen LogP contribution is -2.58. The molecular weight excluding hydrogens is 387 g/mol. The van der Waals surface area contributed by atoms with E-state index in [-0.39, 0.29) is 11.6 Å². The zero-order valence-electron chi connectivity index (χ0n) is 17.9. The van der Waals surface area contributed by atoms with Crippen LogP contribution in [-0.4, -0.2) is 41.8 Å². The van der Waals surface area contributed by atoms with E-state index in [0.717, 1.165) is 38.3 Å². The van der Waals surface area contributed by atoms with Crippen LogP contribution in [0.15, 0.2) is 72.8 Å². The van der Waals surface area contributed by atoms with Gasteiger partial charge in [0, 0.05) is 50.3 Å². The van der Waals surface area contributed by atoms with Gasteiger partial charge in [0.1, 0.15) is 11.4 Å². The van der Waals surface area contributed by atoms with Gasteiger partial charge >= 0.3 is 0 Å². The van der Waals surface area contributed by atoms with Crippen LogP contribution in [0.1, 0.15) is 32.6 Å². The van der Waals surface area contributed by atoms with Crippen LogP contribution >= 0.6 is 0 Å². The summed E-state index contributed by atoms with van der Waals surface area (Å²) in [5.74, 6) is -0.248. The van der Waals surface area contributed by atoms with Crippen molar-refractivity contribution in [2.75, 3.05) is 26.2 Å². The molecule has 1 atom stereocenters. The van der Waals surface area contributed by atoms with Gasteiger partial charge in [-0.05, 0) is 29.7 Å². The molecule has 0 amide bonds. The number of nitrogens with zero attached hydrogens (tertiary/aromatic N) is 2. The zero-order chi connectivity index (χ0) is 21.4. The fourth-order valence-corrected chi connectivity index (χ4v) is 5.21. The highest BCUT2D eigenvalue weighted by Crippen LogP contribution is 2.43. The number of benzene rings is 3. The van der Waals surface area contributed by atoms with E-state index >= 15 is 0 Å². The molecule has 2 aliphatic rings. The summed E-state index contributed by atoms with van der Waals surface area (Å²) in [5.41, 5.74) is 3.89. The van der Waals surface area contributed by atoms with E-state index in [2.05, 4.69) is 41.0 Å². The molecule has 4 heteroatoms. The molecule has 1 heterocycles. The third-order valence-electron chi connectivity index (χ3n) is 6.99. The zero-order valence-corrected chi connectivity index (χ0v) is 17.9. The summed E-state index contributed by atoms with van der Waals surface area (Å²) in [6, 6.07) is 23.3. The molecule has 3 nitrogen and oxygen atoms in total. The number of halogens is 1. The Labute approximate surface area is 183 Å². The van der Waals surface area contributed by atoms with Crippen LogP contribution in [0.4, 0.5) is 4.39 Å². The van der Waals surface area contributed by atoms with Crippen LogP contribution in [0.2, 0.25) is 0 Å². The number of hydrogen-bond acceptors (Lipinski definition) is 3. The van der Waals surface area contributed by atoms with Gasteiger partial charge in [-0.25, -0.2) is 4.39 Å². The molecule has 0 saturated carbocycles. The topological polar surface area (TPSA) is 23.6 Å². The van der Waals surface area contributed by atoms with Crippen molar-refractivity contribution >= 4 is 5.78 Å². The molecular formula is C27H27FN2O. The van der Waals surface area contributed by atoms with Crippen molar-refractivity contribution in [3.63, 3.8) is 0 Å². The van der Waals surface area contributed by atoms with Gasteiger partial charge in [-0.3, -0.25) is 14.6 Å². The Hall–Kier alpha value is -2.82. The SMILES string of the molecule is Cc1ccccc1CN1CCN(C2(c3ccccc3)Cc3c(F)cccc3C2=O)CC1. The molecule has 1 fully saturated rings. The monoisotopic (exact) mass is 414 g/mol. The molecule has 1 aliphatic heterocycles. The van der Waals surface area contributed by atoms with Crippen molar-refractivity contribution in [1.82, 2.24) is 9.80 Å². The first-order valence-corrected chi connectivity index (χ1v) is 11.0. The molecule has 1 unspecified atom stereocenters. The summed E-state index contributed by atoms with van der Waals surface area (Å²) in [6.07, 6.45) is 0.398. The van der Waals surface area contributed by atoms with Crippen LogP contribution in [0, 0.1) is 12.7 Å². The number of fused-ring (bicyclic) bond motifs is 1. The maximum atomic E-state index is 14.7. The molecule has 0 radical (unpaired) electrons. The van der Waals surface area contributed by atoms with Gasteiger partial charge < -0.3 is 0 Å². The van der Waals surface area contributed by atoms with E-state index in [1.165, 1.54) is 17.2 Å². The summed E-state index contributed by atoms with van der Waals surface area (Å²) in [4.78, 5) is 18.5. The number of hydrogen-bond donors (Lipinski definition) is 0. The molecule has 3 aromatic rings. The summed E-state index contributed by atoms with van der Waals surface area (Å²) in [6.45, 7) is 6.40. The number of aryl methyl sites for hydroxylation is 1. The maximum Gasteiger partial charge on any atom is 0.188 e. The fraction of sp³-hybridized carbons (Fsp3) is 0.296. The number of Topliss-reactive ketones (excluding diaryl/α,β-unsaturated/α-hetero) is 1. The van der Waals surface area contributed by atoms with Gasteiger partial charge in [0.2, 0.25) is 0 Å². The Balaban J connectivity index is 1.43. The first-order valence-electron chi connectivity index (χ1n) is 11.0. The molecule has 158 valence electrons. The number of carbonyl (C=O) groups is 1. The van der Waals surface area contributed by atoms with Crippen molar-refractivity contribution in [3.05, 3.63) is 106 Å². The van der Waals surface area contributed by atoms with Gasteiger partial charge in [-0.2, -0.15) is 0 Å². The highest BCUT2D eigenvalue weighted by molar-refractivity contribution is 6.08. The predicted molar refractivity (Wildman–Crippen MR) is 121 cm³/mol. The molecule has 3 aromatic carbocycles. The summed E-state index contributed by atoms with van der Waals surface area (Å²) in [5, 5.41) is 0. The van der Waals surface area contributed by atoms with Crippen LogP contribution in [0.25, 0.3) is 0 Å². The average Bonchev–Trinajstić information content (AvgIpc) is 3.11. The first kappa shape index (κ1) is 20.1. The molecule has 0 spiro atoms. The standard InChI is InChI=1S/C27H27FN2O/c1-20-8-5-6-9-21(20)19-29-14-16-30(17-15-29)27(22-10-3-2-4-11-22)18-24-23(26(27)31)12-7-13-25(24)28/h2-13H,14-19H2,1H3. The normalized spacial score (nSPS) is 21.9. The van der Waals surface area contributed by atoms with Gasteiger partial charge in [0.25, 0.3) is 0 Å². The molecule has 1 aliphatic carbocycles. The number of rotatable bonds is 4. The van der Waals surface area contributed by atoms with Crippen molar-refractivity contribution in [3.8, 4) is 0 Å². The summed E-state index contributed by atoms with van der Waals surface area (Å²) in [7, 11) is 0. The number of piperazine rings is 1. The van der Waals surface area contributed by atoms with Crippen LogP contribution in [-0.2, 0) is 18.5 Å². The molecule has 0 aromatic heterocycles. The molecule has 1 saturated heterocycles. The van der Waals surface area contributed by atoms with Gasteiger partial charge in [-0.15, -0.1) is 0 Å². The van der Waals surface area contributed by atoms with Crippen molar-refractivity contribution in [2.45, 2.75) is 25.4 Å². The minimum atomic E-state index is -0.819. The number of carbonyl (C=O) groups excluding carboxylic acids is 1. The minimum absolute atomic E-state index is 0.0283. The second-order valence-electron chi connectivity index (χ2n) is 8.69. The molecule has 0 N–H and O–H groups in total. The predicted octanol–water partition coefficient (Wildman–Crippen LogP) is 4.59. The van der Waals surface area contributed by atoms with Gasteiger partial charge in [-0.1, -0.05) is 66.7 Å². The average molecular weight is 415 g/mol. The van der Waals surface area contributed by atoms with E-state index in [1.807, 2.05) is 30.3 Å². The van der Waals surface area contributed by atoms with Gasteiger partial charge in [0.05, 0.1) is 0 Å². The van der Waals surface area contributed by atoms with E-state index in [1.54, 1.807) is 12.1 Å². The Bertz CT molecular complexity index is 1110. The van der Waals surface area contributed by atoms with Crippen LogP contribution < -0.4 is 0 Å². The summed E-state index contributed by atoms with van der Waals surface area (Å²) >= 11 is 0. The van der Waals surface area contributed by atoms with Crippen molar-refractivity contribution < 1.29 is 9.18 Å². The Morgan fingerprint density at radius 1 is 0.871 bits per heavy atom. The fourth-order valence-electron chi connectivity index (χ4n) is 5.21. The van der Waals surface area contributed by atoms with E-state index in [9.17, 15) is 9.18 Å². The number of ketones is 1. The minimum Gasteiger partial charge on any atom is -0.297 e. The lowest BCUT2D eigenvalue weighted by molar-refractivity contribution is 0.0286. The van der Waals surface area contributed by atoms with Gasteiger partial charge in [0.15, 0.2) is 5.78 Å². The highest BCUT2D eigenvalue weighted by Gasteiger charge is 2.52. The lowest BCUT2D eigenvalue weighted by Gasteiger charge is -2.45. The lowest BCUT2D eigenvalue weighted by atomic mass is 9.83. The van der Waals surface area contributed by atoms with Crippen LogP contribution in [0.3, 0.4) is 0 Å². The van der Waals surface area contributed by atoms with Crippen LogP contribution in [0.5, 0.6) is 0 Å². The quantitative estimate of drug-likeness (QED) is 0.624. The largest absolute Gasteiger partial charge is 0.297 e. The van der Waals surface area contributed by atoms with E-state index < -0.39 is 5.54 Å². The van der Waals surface area contributed by atoms with E-state index in [0.29, 0.717) is 17.5 Å². The van der Waals surface area contributed by atoms with Crippen molar-refractivity contribution in [1.29, 1.82) is 0 Å². The second kappa shape index (κ2) is 8.03. The summed E-state index contributed by atoms with van der Waals surface area (Å²) < 4.78 is 14.7. The molecule has 0 bridgehead atoms. The molecule has 31 heavy (non-hydrogen) atoms. The first-order chi connectivity index (χ1) is 15.1. The van der Waals surface area contributed by atoms with Crippen molar-refractivity contribution in [2.24, 2.45) is 0 Å². The Morgan fingerprint density at radius 2 is 1.58 bits per heavy atom.